The van der Waals surface area contributed by atoms with Gasteiger partial charge in [-0.3, -0.25) is 15.5 Å². The Hall–Kier alpha value is -2.81. The quantitative estimate of drug-likeness (QED) is 0.663. The van der Waals surface area contributed by atoms with Gasteiger partial charge in [-0.1, -0.05) is 23.9 Å². The van der Waals surface area contributed by atoms with Crippen molar-refractivity contribution in [1.29, 1.82) is 0 Å². The highest BCUT2D eigenvalue weighted by atomic mass is 32.2. The number of benzene rings is 2. The second-order valence-corrected chi connectivity index (χ2v) is 6.19. The molecule has 9 heteroatoms. The monoisotopic (exact) mass is 362 g/mol. The molecule has 0 amide bonds. The predicted molar refractivity (Wildman–Crippen MR) is 93.4 cm³/mol. The number of aryl methyl sites for hydroxylation is 1. The van der Waals surface area contributed by atoms with Gasteiger partial charge in [0, 0.05) is 29.0 Å². The number of hydrogen-bond acceptors (Lipinski definition) is 5. The molecule has 0 aromatic heterocycles. The molecule has 0 spiro atoms. The van der Waals surface area contributed by atoms with Crippen LogP contribution in [0.25, 0.3) is 0 Å². The van der Waals surface area contributed by atoms with Gasteiger partial charge in [-0.05, 0) is 19.1 Å². The fourth-order valence-corrected chi connectivity index (χ4v) is 2.97. The summed E-state index contributed by atoms with van der Waals surface area (Å²) >= 11 is 1.27. The Bertz CT molecular complexity index is 915. The summed E-state index contributed by atoms with van der Waals surface area (Å²) in [5.74, 6) is -1.03. The van der Waals surface area contributed by atoms with E-state index < -0.39 is 16.6 Å². The lowest BCUT2D eigenvalue weighted by Gasteiger charge is -2.15. The Morgan fingerprint density at radius 2 is 2.08 bits per heavy atom. The Morgan fingerprint density at radius 3 is 2.72 bits per heavy atom. The van der Waals surface area contributed by atoms with E-state index in [1.54, 1.807) is 19.1 Å². The van der Waals surface area contributed by atoms with Gasteiger partial charge in [0.15, 0.2) is 11.0 Å². The molecule has 1 aliphatic heterocycles. The summed E-state index contributed by atoms with van der Waals surface area (Å²) in [4.78, 5) is 14.7. The first kappa shape index (κ1) is 17.0. The number of amidine groups is 1. The molecule has 1 heterocycles. The molecule has 0 radical (unpaired) electrons. The van der Waals surface area contributed by atoms with Crippen LogP contribution in [0.3, 0.4) is 0 Å². The molecule has 0 aliphatic carbocycles. The number of nitro benzene ring substituents is 1. The molecule has 1 N–H and O–H groups in total. The lowest BCUT2D eigenvalue weighted by atomic mass is 10.1. The normalized spacial score (nSPS) is 15.6. The predicted octanol–water partition coefficient (Wildman–Crippen LogP) is 3.91. The molecule has 0 saturated heterocycles. The smallest absolute Gasteiger partial charge is 0.258 e. The summed E-state index contributed by atoms with van der Waals surface area (Å²) < 4.78 is 26.5. The van der Waals surface area contributed by atoms with Crippen LogP contribution in [0.1, 0.15) is 11.1 Å². The standard InChI is InChI=1S/C16H12F2N4O2S/c1-9-2-3-10(6-15(9)22(23)24)14-8-25-16(21-20-14)19-13-5-4-11(17)7-12(13)18/h2-7H,8H2,1H3,(H,19,21). The Balaban J connectivity index is 1.82. The molecule has 2 aromatic rings. The summed E-state index contributed by atoms with van der Waals surface area (Å²) in [6, 6.07) is 8.01. The fourth-order valence-electron chi connectivity index (χ4n) is 2.19. The first-order valence-electron chi connectivity index (χ1n) is 7.18. The van der Waals surface area contributed by atoms with E-state index in [2.05, 4.69) is 15.5 Å². The zero-order chi connectivity index (χ0) is 18.0. The van der Waals surface area contributed by atoms with E-state index in [-0.39, 0.29) is 11.4 Å². The van der Waals surface area contributed by atoms with Crippen LogP contribution in [0, 0.1) is 28.7 Å². The van der Waals surface area contributed by atoms with Gasteiger partial charge in [0.25, 0.3) is 5.69 Å². The summed E-state index contributed by atoms with van der Waals surface area (Å²) in [7, 11) is 0. The average Bonchev–Trinajstić information content (AvgIpc) is 2.58. The van der Waals surface area contributed by atoms with E-state index in [4.69, 9.17) is 0 Å². The van der Waals surface area contributed by atoms with Crippen molar-refractivity contribution in [1.82, 2.24) is 5.43 Å². The van der Waals surface area contributed by atoms with Crippen molar-refractivity contribution in [3.63, 3.8) is 0 Å². The molecule has 3 rings (SSSR count). The number of nitrogens with zero attached hydrogens (tertiary/aromatic N) is 3. The maximum atomic E-state index is 13.6. The molecule has 0 saturated carbocycles. The summed E-state index contributed by atoms with van der Waals surface area (Å²) in [5, 5.41) is 15.5. The van der Waals surface area contributed by atoms with Crippen molar-refractivity contribution >= 4 is 34.0 Å². The van der Waals surface area contributed by atoms with E-state index in [1.165, 1.54) is 23.9 Å². The number of thioether (sulfide) groups is 1. The van der Waals surface area contributed by atoms with Crippen LogP contribution in [-0.2, 0) is 0 Å². The van der Waals surface area contributed by atoms with Gasteiger partial charge in [-0.15, -0.1) is 0 Å². The zero-order valence-electron chi connectivity index (χ0n) is 13.0. The lowest BCUT2D eigenvalue weighted by molar-refractivity contribution is -0.385. The first-order chi connectivity index (χ1) is 11.9. The molecule has 2 aromatic carbocycles. The largest absolute Gasteiger partial charge is 0.272 e. The molecule has 128 valence electrons. The number of hydrazone groups is 1. The Kier molecular flexibility index (Phi) is 4.75. The lowest BCUT2D eigenvalue weighted by Crippen LogP contribution is -2.25. The minimum Gasteiger partial charge on any atom is -0.258 e. The number of halogens is 2. The number of aliphatic imine (C=N–C) groups is 1. The number of nitro groups is 1. The molecule has 0 atom stereocenters. The second kappa shape index (κ2) is 6.98. The highest BCUT2D eigenvalue weighted by molar-refractivity contribution is 8.14. The van der Waals surface area contributed by atoms with Crippen molar-refractivity contribution in [3.8, 4) is 0 Å². The van der Waals surface area contributed by atoms with E-state index in [0.717, 1.165) is 12.1 Å². The second-order valence-electron chi connectivity index (χ2n) is 5.23. The van der Waals surface area contributed by atoms with Crippen LogP contribution in [0.2, 0.25) is 0 Å². The number of nitrogens with one attached hydrogen (secondary N) is 1. The summed E-state index contributed by atoms with van der Waals surface area (Å²) in [6.45, 7) is 1.67. The molecule has 25 heavy (non-hydrogen) atoms. The SMILES string of the molecule is Cc1ccc(C2=NNC(=Nc3ccc(F)cc3F)SC2)cc1[N+](=O)[O-]. The Morgan fingerprint density at radius 1 is 1.28 bits per heavy atom. The maximum absolute atomic E-state index is 13.6. The molecule has 0 unspecified atom stereocenters. The van der Waals surface area contributed by atoms with Crippen LogP contribution < -0.4 is 5.43 Å². The van der Waals surface area contributed by atoms with Gasteiger partial charge in [0.05, 0.1) is 10.6 Å². The van der Waals surface area contributed by atoms with E-state index in [9.17, 15) is 18.9 Å². The fraction of sp³-hybridized carbons (Fsp3) is 0.125. The van der Waals surface area contributed by atoms with Gasteiger partial charge in [-0.25, -0.2) is 13.8 Å². The first-order valence-corrected chi connectivity index (χ1v) is 8.17. The van der Waals surface area contributed by atoms with Gasteiger partial charge in [-0.2, -0.15) is 5.10 Å². The number of rotatable bonds is 3. The van der Waals surface area contributed by atoms with Crippen LogP contribution in [0.5, 0.6) is 0 Å². The molecule has 0 bridgehead atoms. The van der Waals surface area contributed by atoms with Crippen molar-refractivity contribution in [2.75, 3.05) is 5.75 Å². The maximum Gasteiger partial charge on any atom is 0.272 e. The molecular formula is C16H12F2N4O2S. The molecule has 1 aliphatic rings. The van der Waals surface area contributed by atoms with Crippen molar-refractivity contribution in [2.45, 2.75) is 6.92 Å². The summed E-state index contributed by atoms with van der Waals surface area (Å²) in [6.07, 6.45) is 0. The van der Waals surface area contributed by atoms with Crippen LogP contribution in [0.15, 0.2) is 46.5 Å². The van der Waals surface area contributed by atoms with Crippen molar-refractivity contribution in [2.24, 2.45) is 10.1 Å². The van der Waals surface area contributed by atoms with E-state index in [0.29, 0.717) is 27.8 Å². The van der Waals surface area contributed by atoms with Gasteiger partial charge in [0.2, 0.25) is 0 Å². The third-order valence-electron chi connectivity index (χ3n) is 3.50. The molecule has 6 nitrogen and oxygen atoms in total. The van der Waals surface area contributed by atoms with Gasteiger partial charge < -0.3 is 0 Å². The molecule has 0 fully saturated rings. The Labute approximate surface area is 145 Å². The van der Waals surface area contributed by atoms with Crippen molar-refractivity contribution in [3.05, 3.63) is 69.3 Å². The van der Waals surface area contributed by atoms with Crippen LogP contribution in [0.4, 0.5) is 20.2 Å². The zero-order valence-corrected chi connectivity index (χ0v) is 13.8. The van der Waals surface area contributed by atoms with E-state index in [1.807, 2.05) is 0 Å². The third kappa shape index (κ3) is 3.82. The van der Waals surface area contributed by atoms with Crippen molar-refractivity contribution < 1.29 is 13.7 Å². The minimum absolute atomic E-state index is 0.000948. The summed E-state index contributed by atoms with van der Waals surface area (Å²) in [5.41, 5.74) is 4.53. The van der Waals surface area contributed by atoms with Gasteiger partial charge in [0.1, 0.15) is 11.5 Å². The average molecular weight is 362 g/mol. The third-order valence-corrected chi connectivity index (χ3v) is 4.38. The minimum atomic E-state index is -0.765. The molecular weight excluding hydrogens is 350 g/mol. The van der Waals surface area contributed by atoms with E-state index >= 15 is 0 Å². The van der Waals surface area contributed by atoms with Gasteiger partial charge >= 0.3 is 0 Å². The topological polar surface area (TPSA) is 79.9 Å². The highest BCUT2D eigenvalue weighted by Gasteiger charge is 2.18. The van der Waals surface area contributed by atoms with Crippen LogP contribution in [-0.4, -0.2) is 21.6 Å². The van der Waals surface area contributed by atoms with Crippen LogP contribution >= 0.6 is 11.8 Å². The number of hydrogen-bond donors (Lipinski definition) is 1. The highest BCUT2D eigenvalue weighted by Crippen LogP contribution is 2.24.